The van der Waals surface area contributed by atoms with Gasteiger partial charge in [0.1, 0.15) is 0 Å². The Morgan fingerprint density at radius 2 is 1.87 bits per heavy atom. The zero-order valence-electron chi connectivity index (χ0n) is 10.7. The van der Waals surface area contributed by atoms with Crippen molar-refractivity contribution in [2.45, 2.75) is 58.5 Å². The standard InChI is InChI=1S/C12H25NO2/c1-9(2)14-8-11-12(15-10(3)4)6-7-13(11)5/h9-12H,6-8H2,1-5H3/t11-,12-/m1/s1. The van der Waals surface area contributed by atoms with Gasteiger partial charge < -0.3 is 9.47 Å². The third kappa shape index (κ3) is 4.09. The number of ether oxygens (including phenoxy) is 2. The van der Waals surface area contributed by atoms with Gasteiger partial charge in [-0.2, -0.15) is 0 Å². The molecule has 2 atom stereocenters. The summed E-state index contributed by atoms with van der Waals surface area (Å²) in [7, 11) is 2.15. The topological polar surface area (TPSA) is 21.7 Å². The second-order valence-electron chi connectivity index (χ2n) is 4.94. The molecule has 1 saturated heterocycles. The van der Waals surface area contributed by atoms with E-state index >= 15 is 0 Å². The van der Waals surface area contributed by atoms with Gasteiger partial charge in [-0.3, -0.25) is 4.90 Å². The van der Waals surface area contributed by atoms with Crippen molar-refractivity contribution in [2.24, 2.45) is 0 Å². The Morgan fingerprint density at radius 3 is 2.40 bits per heavy atom. The molecule has 0 N–H and O–H groups in total. The second kappa shape index (κ2) is 5.83. The minimum Gasteiger partial charge on any atom is -0.377 e. The summed E-state index contributed by atoms with van der Waals surface area (Å²) in [6, 6.07) is 0.426. The maximum Gasteiger partial charge on any atom is 0.0768 e. The van der Waals surface area contributed by atoms with E-state index in [9.17, 15) is 0 Å². The largest absolute Gasteiger partial charge is 0.377 e. The maximum atomic E-state index is 5.90. The molecule has 15 heavy (non-hydrogen) atoms. The lowest BCUT2D eigenvalue weighted by atomic mass is 10.2. The SMILES string of the molecule is CC(C)OC[C@@H]1[C@H](OC(C)C)CCN1C. The summed E-state index contributed by atoms with van der Waals surface area (Å²) in [5.41, 5.74) is 0. The molecule has 1 fully saturated rings. The number of hydrogen-bond acceptors (Lipinski definition) is 3. The van der Waals surface area contributed by atoms with E-state index in [1.165, 1.54) is 0 Å². The normalized spacial score (nSPS) is 28.2. The summed E-state index contributed by atoms with van der Waals surface area (Å²) >= 11 is 0. The van der Waals surface area contributed by atoms with Crippen molar-refractivity contribution in [3.63, 3.8) is 0 Å². The highest BCUT2D eigenvalue weighted by Crippen LogP contribution is 2.21. The molecule has 0 aromatic carbocycles. The first-order valence-corrected chi connectivity index (χ1v) is 5.98. The van der Waals surface area contributed by atoms with Crippen molar-refractivity contribution in [1.82, 2.24) is 4.90 Å². The molecule has 1 heterocycles. The molecule has 0 radical (unpaired) electrons. The molecule has 90 valence electrons. The predicted octanol–water partition coefficient (Wildman–Crippen LogP) is 1.91. The lowest BCUT2D eigenvalue weighted by Gasteiger charge is -2.27. The molecule has 0 aromatic rings. The van der Waals surface area contributed by atoms with Gasteiger partial charge in [-0.05, 0) is 41.2 Å². The van der Waals surface area contributed by atoms with Gasteiger partial charge in [0.2, 0.25) is 0 Å². The lowest BCUT2D eigenvalue weighted by Crippen LogP contribution is -2.39. The Kier molecular flexibility index (Phi) is 5.03. The van der Waals surface area contributed by atoms with Gasteiger partial charge in [0.25, 0.3) is 0 Å². The molecular weight excluding hydrogens is 190 g/mol. The molecule has 0 saturated carbocycles. The predicted molar refractivity (Wildman–Crippen MR) is 62.1 cm³/mol. The molecule has 0 amide bonds. The average molecular weight is 215 g/mol. The van der Waals surface area contributed by atoms with Crippen LogP contribution in [0.3, 0.4) is 0 Å². The highest BCUT2D eigenvalue weighted by Gasteiger charge is 2.33. The van der Waals surface area contributed by atoms with E-state index in [1.807, 2.05) is 0 Å². The highest BCUT2D eigenvalue weighted by molar-refractivity contribution is 4.86. The van der Waals surface area contributed by atoms with Crippen molar-refractivity contribution in [2.75, 3.05) is 20.2 Å². The molecule has 3 heteroatoms. The Labute approximate surface area is 93.7 Å². The van der Waals surface area contributed by atoms with Crippen LogP contribution in [0.2, 0.25) is 0 Å². The Morgan fingerprint density at radius 1 is 1.20 bits per heavy atom. The Bertz CT molecular complexity index is 182. The average Bonchev–Trinajstić information content (AvgIpc) is 2.43. The fraction of sp³-hybridized carbons (Fsp3) is 1.00. The lowest BCUT2D eigenvalue weighted by molar-refractivity contribution is -0.0429. The Balaban J connectivity index is 2.41. The van der Waals surface area contributed by atoms with Gasteiger partial charge in [-0.15, -0.1) is 0 Å². The maximum absolute atomic E-state index is 5.90. The molecule has 1 aliphatic heterocycles. The first-order valence-electron chi connectivity index (χ1n) is 5.98. The molecular formula is C12H25NO2. The van der Waals surface area contributed by atoms with Crippen molar-refractivity contribution in [3.05, 3.63) is 0 Å². The van der Waals surface area contributed by atoms with Crippen LogP contribution < -0.4 is 0 Å². The third-order valence-corrected chi connectivity index (χ3v) is 2.81. The number of hydrogen-bond donors (Lipinski definition) is 0. The quantitative estimate of drug-likeness (QED) is 0.699. The fourth-order valence-corrected chi connectivity index (χ4v) is 2.01. The van der Waals surface area contributed by atoms with Gasteiger partial charge in [-0.1, -0.05) is 0 Å². The van der Waals surface area contributed by atoms with Crippen LogP contribution in [-0.2, 0) is 9.47 Å². The molecule has 0 unspecified atom stereocenters. The summed E-state index contributed by atoms with van der Waals surface area (Å²) < 4.78 is 11.6. The first-order chi connectivity index (χ1) is 7.00. The van der Waals surface area contributed by atoms with Gasteiger partial charge in [-0.25, -0.2) is 0 Å². The minimum absolute atomic E-state index is 0.304. The number of likely N-dealkylation sites (N-methyl/N-ethyl adjacent to an activating group) is 1. The van der Waals surface area contributed by atoms with E-state index in [0.717, 1.165) is 19.6 Å². The van der Waals surface area contributed by atoms with E-state index in [2.05, 4.69) is 39.6 Å². The Hall–Kier alpha value is -0.120. The zero-order valence-corrected chi connectivity index (χ0v) is 10.7. The van der Waals surface area contributed by atoms with Gasteiger partial charge in [0.05, 0.1) is 31.0 Å². The van der Waals surface area contributed by atoms with Crippen molar-refractivity contribution in [3.8, 4) is 0 Å². The number of rotatable bonds is 5. The van der Waals surface area contributed by atoms with Crippen LogP contribution >= 0.6 is 0 Å². The van der Waals surface area contributed by atoms with E-state index in [-0.39, 0.29) is 0 Å². The summed E-state index contributed by atoms with van der Waals surface area (Å²) in [6.07, 6.45) is 2.08. The smallest absolute Gasteiger partial charge is 0.0768 e. The molecule has 0 aromatic heterocycles. The first kappa shape index (κ1) is 12.9. The van der Waals surface area contributed by atoms with E-state index in [4.69, 9.17) is 9.47 Å². The van der Waals surface area contributed by atoms with Crippen LogP contribution in [0, 0.1) is 0 Å². The summed E-state index contributed by atoms with van der Waals surface area (Å²) in [4.78, 5) is 2.34. The van der Waals surface area contributed by atoms with Crippen LogP contribution in [-0.4, -0.2) is 49.5 Å². The van der Waals surface area contributed by atoms with Gasteiger partial charge in [0, 0.05) is 6.54 Å². The van der Waals surface area contributed by atoms with Crippen molar-refractivity contribution < 1.29 is 9.47 Å². The summed E-state index contributed by atoms with van der Waals surface area (Å²) in [5, 5.41) is 0. The highest BCUT2D eigenvalue weighted by atomic mass is 16.5. The minimum atomic E-state index is 0.304. The third-order valence-electron chi connectivity index (χ3n) is 2.81. The molecule has 3 nitrogen and oxygen atoms in total. The zero-order chi connectivity index (χ0) is 11.4. The number of nitrogens with zero attached hydrogens (tertiary/aromatic N) is 1. The van der Waals surface area contributed by atoms with E-state index in [0.29, 0.717) is 24.4 Å². The second-order valence-corrected chi connectivity index (χ2v) is 4.94. The fourth-order valence-electron chi connectivity index (χ4n) is 2.01. The van der Waals surface area contributed by atoms with E-state index < -0.39 is 0 Å². The van der Waals surface area contributed by atoms with Gasteiger partial charge in [0.15, 0.2) is 0 Å². The molecule has 0 spiro atoms. The summed E-state index contributed by atoms with van der Waals surface area (Å²) in [5.74, 6) is 0. The van der Waals surface area contributed by atoms with Crippen LogP contribution in [0.15, 0.2) is 0 Å². The van der Waals surface area contributed by atoms with Crippen molar-refractivity contribution >= 4 is 0 Å². The van der Waals surface area contributed by atoms with Crippen LogP contribution in [0.4, 0.5) is 0 Å². The van der Waals surface area contributed by atoms with Crippen LogP contribution in [0.1, 0.15) is 34.1 Å². The monoisotopic (exact) mass is 215 g/mol. The van der Waals surface area contributed by atoms with Crippen LogP contribution in [0.5, 0.6) is 0 Å². The molecule has 1 aliphatic rings. The molecule has 1 rings (SSSR count). The summed E-state index contributed by atoms with van der Waals surface area (Å²) in [6.45, 7) is 10.2. The van der Waals surface area contributed by atoms with Crippen LogP contribution in [0.25, 0.3) is 0 Å². The van der Waals surface area contributed by atoms with E-state index in [1.54, 1.807) is 0 Å². The molecule has 0 aliphatic carbocycles. The molecule has 0 bridgehead atoms. The van der Waals surface area contributed by atoms with Crippen molar-refractivity contribution in [1.29, 1.82) is 0 Å². The van der Waals surface area contributed by atoms with Gasteiger partial charge >= 0.3 is 0 Å². The number of likely N-dealkylation sites (tertiary alicyclic amines) is 1.